The van der Waals surface area contributed by atoms with Crippen LogP contribution in [0, 0.1) is 6.92 Å². The maximum atomic E-state index is 5.18. The molecule has 5 nitrogen and oxygen atoms in total. The van der Waals surface area contributed by atoms with E-state index in [4.69, 9.17) is 10.6 Å². The average Bonchev–Trinajstić information content (AvgIpc) is 3.32. The second-order valence-electron chi connectivity index (χ2n) is 5.59. The van der Waals surface area contributed by atoms with Crippen LogP contribution in [0.1, 0.15) is 11.3 Å². The maximum Gasteiger partial charge on any atom is 0.119 e. The van der Waals surface area contributed by atoms with Crippen LogP contribution in [-0.2, 0) is 0 Å². The molecule has 6 heteroatoms. The lowest BCUT2D eigenvalue weighted by Gasteiger charge is -1.99. The van der Waals surface area contributed by atoms with Crippen molar-refractivity contribution < 1.29 is 4.74 Å². The molecule has 0 aliphatic rings. The minimum Gasteiger partial charge on any atom is -0.497 e. The number of hydrogen-bond acceptors (Lipinski definition) is 5. The van der Waals surface area contributed by atoms with Gasteiger partial charge in [-0.3, -0.25) is 0 Å². The van der Waals surface area contributed by atoms with E-state index in [9.17, 15) is 0 Å². The number of nitrogens with zero attached hydrogens (tertiary/aromatic N) is 2. The number of fused-ring (bicyclic) bond motifs is 1. The van der Waals surface area contributed by atoms with Gasteiger partial charge in [0.25, 0.3) is 0 Å². The summed E-state index contributed by atoms with van der Waals surface area (Å²) in [7, 11) is 1.65. The van der Waals surface area contributed by atoms with Crippen molar-refractivity contribution in [2.24, 2.45) is 10.9 Å². The van der Waals surface area contributed by atoms with Gasteiger partial charge in [0.05, 0.1) is 24.5 Å². The van der Waals surface area contributed by atoms with Gasteiger partial charge >= 0.3 is 0 Å². The number of methoxy groups -OCH3 is 1. The molecule has 4 aromatic rings. The fraction of sp³-hybridized carbons (Fsp3) is 0.100. The minimum atomic E-state index is 0.827. The molecule has 0 radical (unpaired) electrons. The lowest BCUT2D eigenvalue weighted by atomic mass is 10.1. The molecule has 0 unspecified atom stereocenters. The molecule has 2 aromatic heterocycles. The summed E-state index contributed by atoms with van der Waals surface area (Å²) in [6.07, 6.45) is 1.65. The molecule has 2 aromatic carbocycles. The van der Waals surface area contributed by atoms with Crippen LogP contribution in [0.15, 0.2) is 64.5 Å². The van der Waals surface area contributed by atoms with Gasteiger partial charge in [-0.05, 0) is 25.1 Å². The Hall–Kier alpha value is -3.12. The molecule has 4 rings (SSSR count). The molecule has 0 amide bonds. The first-order valence-corrected chi connectivity index (χ1v) is 9.00. The third-order valence-corrected chi connectivity index (χ3v) is 4.54. The van der Waals surface area contributed by atoms with Crippen LogP contribution in [0.2, 0.25) is 0 Å². The van der Waals surface area contributed by atoms with E-state index in [2.05, 4.69) is 32.6 Å². The summed E-state index contributed by atoms with van der Waals surface area (Å²) < 4.78 is 5.18. The molecular weight excluding hydrogens is 344 g/mol. The molecule has 132 valence electrons. The van der Waals surface area contributed by atoms with Crippen LogP contribution in [0.4, 0.5) is 0 Å². The van der Waals surface area contributed by atoms with Crippen LogP contribution >= 0.6 is 11.3 Å². The molecule has 0 spiro atoms. The van der Waals surface area contributed by atoms with Crippen molar-refractivity contribution in [1.82, 2.24) is 9.97 Å². The zero-order valence-electron chi connectivity index (χ0n) is 14.6. The Bertz CT molecular complexity index is 992. The van der Waals surface area contributed by atoms with E-state index in [1.807, 2.05) is 48.8 Å². The summed E-state index contributed by atoms with van der Waals surface area (Å²) >= 11 is 1.62. The summed E-state index contributed by atoms with van der Waals surface area (Å²) in [5.41, 5.74) is 7.22. The summed E-state index contributed by atoms with van der Waals surface area (Å²) in [5, 5.41) is 6.68. The second kappa shape index (κ2) is 8.31. The monoisotopic (exact) mass is 364 g/mol. The smallest absolute Gasteiger partial charge is 0.119 e. The summed E-state index contributed by atoms with van der Waals surface area (Å²) in [6, 6.07) is 16.1. The molecule has 3 N–H and O–H groups in total. The highest BCUT2D eigenvalue weighted by atomic mass is 32.1. The molecule has 0 bridgehead atoms. The number of hydrogen-bond donors (Lipinski definition) is 2. The van der Waals surface area contributed by atoms with Gasteiger partial charge < -0.3 is 15.6 Å². The van der Waals surface area contributed by atoms with Gasteiger partial charge in [0.1, 0.15) is 5.75 Å². The third kappa shape index (κ3) is 3.92. The quantitative estimate of drug-likeness (QED) is 0.317. The van der Waals surface area contributed by atoms with Crippen molar-refractivity contribution >= 4 is 28.5 Å². The van der Waals surface area contributed by atoms with Crippen LogP contribution in [0.3, 0.4) is 0 Å². The van der Waals surface area contributed by atoms with E-state index < -0.39 is 0 Å². The van der Waals surface area contributed by atoms with E-state index in [0.717, 1.165) is 33.6 Å². The lowest BCUT2D eigenvalue weighted by Crippen LogP contribution is -1.88. The lowest BCUT2D eigenvalue weighted by molar-refractivity contribution is 0.415. The molecule has 0 atom stereocenters. The molecule has 0 aliphatic heterocycles. The molecule has 0 fully saturated rings. The van der Waals surface area contributed by atoms with Crippen molar-refractivity contribution in [1.29, 1.82) is 0 Å². The normalized spacial score (nSPS) is 10.7. The SMILES string of the molecule is COc1ccc2[nH]c(C)c(C=NN)c2c1.c1ccc(-c2cscn2)cc1. The van der Waals surface area contributed by atoms with Crippen LogP contribution in [-0.4, -0.2) is 23.3 Å². The van der Waals surface area contributed by atoms with Crippen molar-refractivity contribution in [3.8, 4) is 17.0 Å². The first kappa shape index (κ1) is 17.7. The fourth-order valence-electron chi connectivity index (χ4n) is 2.66. The highest BCUT2D eigenvalue weighted by Crippen LogP contribution is 2.25. The standard InChI is InChI=1S/C11H13N3O.C9H7NS/c1-7-10(6-13-12)9-5-8(15-2)3-4-11(9)14-7;1-2-4-8(5-3-1)9-6-11-7-10-9/h3-6,14H,12H2,1-2H3;1-7H. The Morgan fingerprint density at radius 3 is 2.65 bits per heavy atom. The van der Waals surface area contributed by atoms with Crippen molar-refractivity contribution in [2.75, 3.05) is 7.11 Å². The number of ether oxygens (including phenoxy) is 1. The maximum absolute atomic E-state index is 5.18. The number of aromatic amines is 1. The Balaban J connectivity index is 0.000000158. The van der Waals surface area contributed by atoms with Gasteiger partial charge in [0.15, 0.2) is 0 Å². The highest BCUT2D eigenvalue weighted by Gasteiger charge is 2.07. The zero-order valence-corrected chi connectivity index (χ0v) is 15.5. The van der Waals surface area contributed by atoms with Crippen molar-refractivity contribution in [3.05, 3.63) is 70.7 Å². The number of hydrazone groups is 1. The van der Waals surface area contributed by atoms with Crippen molar-refractivity contribution in [2.45, 2.75) is 6.92 Å². The zero-order chi connectivity index (χ0) is 18.4. The van der Waals surface area contributed by atoms with E-state index in [1.165, 1.54) is 5.56 Å². The van der Waals surface area contributed by atoms with Gasteiger partial charge in [-0.25, -0.2) is 4.98 Å². The van der Waals surface area contributed by atoms with Crippen LogP contribution < -0.4 is 10.6 Å². The molecule has 2 heterocycles. The largest absolute Gasteiger partial charge is 0.497 e. The number of aromatic nitrogens is 2. The van der Waals surface area contributed by atoms with Gasteiger partial charge in [-0.1, -0.05) is 30.3 Å². The minimum absolute atomic E-state index is 0.827. The second-order valence-corrected chi connectivity index (χ2v) is 6.31. The number of aryl methyl sites for hydroxylation is 1. The first-order valence-electron chi connectivity index (χ1n) is 8.06. The Labute approximate surface area is 156 Å². The average molecular weight is 364 g/mol. The Morgan fingerprint density at radius 2 is 2.00 bits per heavy atom. The van der Waals surface area contributed by atoms with E-state index in [1.54, 1.807) is 24.7 Å². The number of nitrogens with two attached hydrogens (primary N) is 1. The number of benzene rings is 2. The molecular formula is C20H20N4OS. The van der Waals surface area contributed by atoms with E-state index in [0.29, 0.717) is 0 Å². The fourth-order valence-corrected chi connectivity index (χ4v) is 3.22. The molecule has 26 heavy (non-hydrogen) atoms. The topological polar surface area (TPSA) is 76.3 Å². The van der Waals surface area contributed by atoms with Crippen LogP contribution in [0.5, 0.6) is 5.75 Å². The van der Waals surface area contributed by atoms with E-state index in [-0.39, 0.29) is 0 Å². The van der Waals surface area contributed by atoms with Crippen molar-refractivity contribution in [3.63, 3.8) is 0 Å². The van der Waals surface area contributed by atoms with Crippen LogP contribution in [0.25, 0.3) is 22.2 Å². The van der Waals surface area contributed by atoms with Gasteiger partial charge in [0.2, 0.25) is 0 Å². The molecule has 0 aliphatic carbocycles. The van der Waals surface area contributed by atoms with E-state index >= 15 is 0 Å². The predicted octanol–water partition coefficient (Wildman–Crippen LogP) is 4.59. The number of thiazole rings is 1. The first-order chi connectivity index (χ1) is 12.7. The van der Waals surface area contributed by atoms with Gasteiger partial charge in [-0.15, -0.1) is 11.3 Å². The summed E-state index contributed by atoms with van der Waals surface area (Å²) in [6.45, 7) is 1.99. The predicted molar refractivity (Wildman–Crippen MR) is 109 cm³/mol. The van der Waals surface area contributed by atoms with Gasteiger partial charge in [0, 0.05) is 33.1 Å². The molecule has 0 saturated carbocycles. The summed E-state index contributed by atoms with van der Waals surface area (Å²) in [5.74, 6) is 6.00. The Kier molecular flexibility index (Phi) is 5.66. The third-order valence-electron chi connectivity index (χ3n) is 3.95. The number of nitrogens with one attached hydrogen (secondary N) is 1. The van der Waals surface area contributed by atoms with Gasteiger partial charge in [-0.2, -0.15) is 5.10 Å². The Morgan fingerprint density at radius 1 is 1.19 bits per heavy atom. The summed E-state index contributed by atoms with van der Waals surface area (Å²) in [4.78, 5) is 7.47. The number of rotatable bonds is 3. The number of H-pyrrole nitrogens is 1. The molecule has 0 saturated heterocycles. The highest BCUT2D eigenvalue weighted by molar-refractivity contribution is 7.07.